The van der Waals surface area contributed by atoms with E-state index in [1.165, 1.54) is 0 Å². The van der Waals surface area contributed by atoms with Gasteiger partial charge in [-0.2, -0.15) is 0 Å². The van der Waals surface area contributed by atoms with E-state index in [-0.39, 0.29) is 38.5 Å². The maximum Gasteiger partial charge on any atom is 0.325 e. The molecule has 262 valence electrons. The van der Waals surface area contributed by atoms with Crippen molar-refractivity contribution in [3.05, 3.63) is 114 Å². The van der Waals surface area contributed by atoms with Crippen LogP contribution in [0.2, 0.25) is 0 Å². The second-order valence-corrected chi connectivity index (χ2v) is 12.3. The van der Waals surface area contributed by atoms with Crippen molar-refractivity contribution < 1.29 is 28.9 Å². The normalized spacial score (nSPS) is 19.5. The minimum absolute atomic E-state index is 0.00557. The molecule has 3 atom stereocenters. The fraction of sp³-hybridized carbons (Fsp3) is 0.368. The topological polar surface area (TPSA) is 138 Å². The zero-order chi connectivity index (χ0) is 34.7. The minimum Gasteiger partial charge on any atom is -0.465 e. The number of aliphatic hydroxyl groups is 1. The molecule has 2 aliphatic heterocycles. The molecule has 12 nitrogen and oxygen atoms in total. The Balaban J connectivity index is 1.13. The summed E-state index contributed by atoms with van der Waals surface area (Å²) >= 11 is 0. The van der Waals surface area contributed by atoms with Gasteiger partial charge in [0.2, 0.25) is 5.95 Å². The first kappa shape index (κ1) is 35.0. The van der Waals surface area contributed by atoms with E-state index in [9.17, 15) is 14.7 Å². The Labute approximate surface area is 292 Å². The van der Waals surface area contributed by atoms with Crippen LogP contribution in [0, 0.1) is 0 Å². The number of piperazine rings is 1. The second kappa shape index (κ2) is 17.2. The average molecular weight is 681 g/mol. The molecule has 0 unspecified atom stereocenters. The number of aliphatic hydroxyl groups excluding tert-OH is 1. The van der Waals surface area contributed by atoms with Crippen LogP contribution in [-0.4, -0.2) is 84.0 Å². The van der Waals surface area contributed by atoms with E-state index in [0.717, 1.165) is 72.1 Å². The molecule has 2 aliphatic rings. The number of hydrogen-bond acceptors (Lipinski definition) is 10. The average Bonchev–Trinajstić information content (AvgIpc) is 3.17. The van der Waals surface area contributed by atoms with Gasteiger partial charge in [0.15, 0.2) is 6.29 Å². The number of rotatable bonds is 12. The van der Waals surface area contributed by atoms with E-state index in [4.69, 9.17) is 14.2 Å². The standard InChI is InChI=1S/C38H44N6O6/c1-2-48-35(46)24-42-38(47)41-23-31-6-3-4-7-33(31)28-12-14-30(15-13-28)36-49-32(22-34(50-36)29-10-8-27(26-45)9-11-29)25-43-18-20-44(21-19-43)37-39-16-5-17-40-37/h3-17,32,34,36,45H,2,18-26H2,1H3,(H2,41,42,47)/t32-,34+,36+/m0/s1. The lowest BCUT2D eigenvalue weighted by Crippen LogP contribution is -2.50. The van der Waals surface area contributed by atoms with E-state index >= 15 is 0 Å². The van der Waals surface area contributed by atoms with E-state index in [1.807, 2.05) is 78.9 Å². The molecule has 2 saturated heterocycles. The number of benzene rings is 3. The Hall–Kier alpha value is -4.88. The highest BCUT2D eigenvalue weighted by atomic mass is 16.7. The lowest BCUT2D eigenvalue weighted by atomic mass is 9.97. The van der Waals surface area contributed by atoms with Crippen molar-refractivity contribution in [1.82, 2.24) is 25.5 Å². The monoisotopic (exact) mass is 680 g/mol. The Bertz CT molecular complexity index is 1680. The van der Waals surface area contributed by atoms with Gasteiger partial charge in [-0.25, -0.2) is 14.8 Å². The van der Waals surface area contributed by atoms with Crippen LogP contribution in [-0.2, 0) is 32.2 Å². The third-order valence-corrected chi connectivity index (χ3v) is 8.93. The lowest BCUT2D eigenvalue weighted by molar-refractivity contribution is -0.253. The molecule has 0 saturated carbocycles. The van der Waals surface area contributed by atoms with Gasteiger partial charge in [-0.1, -0.05) is 72.8 Å². The number of aromatic nitrogens is 2. The van der Waals surface area contributed by atoms with Crippen LogP contribution in [0.4, 0.5) is 10.7 Å². The van der Waals surface area contributed by atoms with Gasteiger partial charge in [0.05, 0.1) is 25.4 Å². The Morgan fingerprint density at radius 1 is 0.880 bits per heavy atom. The number of amides is 2. The zero-order valence-electron chi connectivity index (χ0n) is 28.2. The summed E-state index contributed by atoms with van der Waals surface area (Å²) in [6.07, 6.45) is 3.47. The largest absolute Gasteiger partial charge is 0.465 e. The number of carbonyl (C=O) groups excluding carboxylic acids is 2. The SMILES string of the molecule is CCOC(=O)CNC(=O)NCc1ccccc1-c1ccc([C@@H]2O[C@H](CN3CCN(c4ncccn4)CC3)C[C@H](c3ccc(CO)cc3)O2)cc1. The highest BCUT2D eigenvalue weighted by Crippen LogP contribution is 2.39. The van der Waals surface area contributed by atoms with Gasteiger partial charge in [0, 0.05) is 63.6 Å². The first-order valence-corrected chi connectivity index (χ1v) is 17.1. The zero-order valence-corrected chi connectivity index (χ0v) is 28.2. The number of nitrogens with zero attached hydrogens (tertiary/aromatic N) is 4. The maximum atomic E-state index is 12.3. The van der Waals surface area contributed by atoms with Crippen LogP contribution in [0.25, 0.3) is 11.1 Å². The van der Waals surface area contributed by atoms with Crippen molar-refractivity contribution in [1.29, 1.82) is 0 Å². The molecule has 12 heteroatoms. The van der Waals surface area contributed by atoms with Crippen LogP contribution in [0.1, 0.15) is 48.0 Å². The van der Waals surface area contributed by atoms with Gasteiger partial charge >= 0.3 is 12.0 Å². The second-order valence-electron chi connectivity index (χ2n) is 12.3. The van der Waals surface area contributed by atoms with Crippen LogP contribution in [0.15, 0.2) is 91.3 Å². The quantitative estimate of drug-likeness (QED) is 0.185. The maximum absolute atomic E-state index is 12.3. The summed E-state index contributed by atoms with van der Waals surface area (Å²) in [5.74, 6) is 0.281. The number of anilines is 1. The van der Waals surface area contributed by atoms with Gasteiger partial charge < -0.3 is 34.9 Å². The molecule has 50 heavy (non-hydrogen) atoms. The van der Waals surface area contributed by atoms with Crippen molar-refractivity contribution in [2.75, 3.05) is 50.8 Å². The molecule has 3 N–H and O–H groups in total. The van der Waals surface area contributed by atoms with E-state index in [2.05, 4.69) is 30.4 Å². The summed E-state index contributed by atoms with van der Waals surface area (Å²) < 4.78 is 18.1. The number of esters is 1. The molecule has 0 aliphatic carbocycles. The predicted molar refractivity (Wildman–Crippen MR) is 188 cm³/mol. The van der Waals surface area contributed by atoms with E-state index in [1.54, 1.807) is 19.3 Å². The summed E-state index contributed by atoms with van der Waals surface area (Å²) in [7, 11) is 0. The van der Waals surface area contributed by atoms with Crippen molar-refractivity contribution >= 4 is 17.9 Å². The van der Waals surface area contributed by atoms with Crippen molar-refractivity contribution in [2.45, 2.75) is 45.0 Å². The fourth-order valence-corrected chi connectivity index (χ4v) is 6.28. The smallest absolute Gasteiger partial charge is 0.325 e. The molecule has 3 aromatic carbocycles. The first-order chi connectivity index (χ1) is 24.5. The number of nitrogens with one attached hydrogen (secondary N) is 2. The molecule has 2 fully saturated rings. The molecule has 0 spiro atoms. The Morgan fingerprint density at radius 3 is 2.32 bits per heavy atom. The van der Waals surface area contributed by atoms with E-state index < -0.39 is 18.3 Å². The number of carbonyl (C=O) groups is 2. The highest BCUT2D eigenvalue weighted by Gasteiger charge is 2.34. The first-order valence-electron chi connectivity index (χ1n) is 17.1. The minimum atomic E-state index is -0.565. The van der Waals surface area contributed by atoms with Crippen molar-refractivity contribution in [3.63, 3.8) is 0 Å². The summed E-state index contributed by atoms with van der Waals surface area (Å²) in [5.41, 5.74) is 5.72. The third-order valence-electron chi connectivity index (χ3n) is 8.93. The predicted octanol–water partition coefficient (Wildman–Crippen LogP) is 4.37. The number of urea groups is 1. The summed E-state index contributed by atoms with van der Waals surface area (Å²) in [4.78, 5) is 37.4. The van der Waals surface area contributed by atoms with Crippen LogP contribution in [0.3, 0.4) is 0 Å². The summed E-state index contributed by atoms with van der Waals surface area (Å²) in [5, 5.41) is 14.9. The summed E-state index contributed by atoms with van der Waals surface area (Å²) in [6, 6.07) is 25.3. The van der Waals surface area contributed by atoms with Crippen LogP contribution < -0.4 is 15.5 Å². The summed E-state index contributed by atoms with van der Waals surface area (Å²) in [6.45, 7) is 6.31. The molecule has 1 aromatic heterocycles. The van der Waals surface area contributed by atoms with Gasteiger partial charge in [-0.15, -0.1) is 0 Å². The molecule has 3 heterocycles. The fourth-order valence-electron chi connectivity index (χ4n) is 6.28. The molecular weight excluding hydrogens is 636 g/mol. The van der Waals surface area contributed by atoms with Gasteiger partial charge in [-0.3, -0.25) is 9.69 Å². The lowest BCUT2D eigenvalue weighted by Gasteiger charge is -2.40. The molecule has 0 radical (unpaired) electrons. The molecule has 2 amide bonds. The van der Waals surface area contributed by atoms with Gasteiger partial charge in [-0.05, 0) is 40.8 Å². The molecule has 0 bridgehead atoms. The van der Waals surface area contributed by atoms with Gasteiger partial charge in [0.1, 0.15) is 6.54 Å². The Morgan fingerprint density at radius 2 is 1.60 bits per heavy atom. The third kappa shape index (κ3) is 9.21. The van der Waals surface area contributed by atoms with Crippen molar-refractivity contribution in [3.8, 4) is 11.1 Å². The van der Waals surface area contributed by atoms with E-state index in [0.29, 0.717) is 6.42 Å². The molecule has 4 aromatic rings. The van der Waals surface area contributed by atoms with Crippen LogP contribution >= 0.6 is 0 Å². The highest BCUT2D eigenvalue weighted by molar-refractivity contribution is 5.81. The van der Waals surface area contributed by atoms with Gasteiger partial charge in [0.25, 0.3) is 0 Å². The number of hydrogen-bond donors (Lipinski definition) is 3. The Kier molecular flexibility index (Phi) is 12.0. The molecule has 6 rings (SSSR count). The van der Waals surface area contributed by atoms with Crippen molar-refractivity contribution in [2.24, 2.45) is 0 Å². The number of ether oxygens (including phenoxy) is 3. The van der Waals surface area contributed by atoms with Crippen LogP contribution in [0.5, 0.6) is 0 Å². The molecular formula is C38H44N6O6.